The maximum Gasteiger partial charge on any atom is 0.115 e. The summed E-state index contributed by atoms with van der Waals surface area (Å²) in [5.41, 5.74) is 27.7. The van der Waals surface area contributed by atoms with Crippen LogP contribution in [0.2, 0.25) is 0 Å². The van der Waals surface area contributed by atoms with Crippen LogP contribution in [-0.2, 0) is 0 Å². The van der Waals surface area contributed by atoms with Gasteiger partial charge in [-0.3, -0.25) is 15.0 Å². The first kappa shape index (κ1) is 77.0. The summed E-state index contributed by atoms with van der Waals surface area (Å²) in [5.74, 6) is 0. The standard InChI is InChI=1S/C19H14.4C18H15N.C11H10.C5H6N2/c1-13-10-11-18-16-8-3-2-6-14(16)15-7-4-5-9-17(15)19(18)12-13;1-14-12-17(15-8-4-2-5-9-15)19-18(13-14)16-10-6-3-7-11-16;1-14-11-16(15-7-3-2-4-8-15)13-17(12-14)18-9-5-6-10-19-18;2*1-14-11-17(15-5-3-2-4-6-15)13-18(12-14)16-7-9-19-10-8-16;1-9-5-4-7-10-6-2-3-8-11(9)10;1-5-2-6-4-7-3-5/h2-12H,1H3;4*2-13H,1H3;2-8H,1H3;2-4H,1H3. The van der Waals surface area contributed by atoms with Crippen LogP contribution in [0.5, 0.6) is 0 Å². The highest BCUT2D eigenvalue weighted by Crippen LogP contribution is 2.36. The molecule has 6 nitrogen and oxygen atoms in total. The monoisotopic (exact) mass is 1460 g/mol. The lowest BCUT2D eigenvalue weighted by molar-refractivity contribution is 1.13. The topological polar surface area (TPSA) is 77.3 Å². The molecule has 0 amide bonds. The lowest BCUT2D eigenvalue weighted by atomic mass is 9.93. The van der Waals surface area contributed by atoms with Gasteiger partial charge in [-0.25, -0.2) is 15.0 Å². The number of aromatic nitrogens is 6. The summed E-state index contributed by atoms with van der Waals surface area (Å²) in [4.78, 5) is 24.9. The Morgan fingerprint density at radius 2 is 0.513 bits per heavy atom. The van der Waals surface area contributed by atoms with Crippen LogP contribution in [0.1, 0.15) is 38.9 Å². The largest absolute Gasteiger partial charge is 0.265 e. The summed E-state index contributed by atoms with van der Waals surface area (Å²) in [6.45, 7) is 14.8. The zero-order valence-corrected chi connectivity index (χ0v) is 65.0. The first-order valence-corrected chi connectivity index (χ1v) is 38.2. The van der Waals surface area contributed by atoms with E-state index in [9.17, 15) is 0 Å². The molecule has 0 bridgehead atoms. The third-order valence-electron chi connectivity index (χ3n) is 19.2. The Balaban J connectivity index is 0.000000117. The van der Waals surface area contributed by atoms with Crippen LogP contribution < -0.4 is 0 Å². The molecular formula is C107H90N6. The van der Waals surface area contributed by atoms with Gasteiger partial charge in [0.1, 0.15) is 6.33 Å². The number of pyridine rings is 4. The molecule has 0 unspecified atom stereocenters. The first-order valence-electron chi connectivity index (χ1n) is 38.2. The lowest BCUT2D eigenvalue weighted by Crippen LogP contribution is -1.89. The van der Waals surface area contributed by atoms with Gasteiger partial charge in [0.2, 0.25) is 0 Å². The van der Waals surface area contributed by atoms with Crippen molar-refractivity contribution in [3.05, 3.63) is 459 Å². The van der Waals surface area contributed by atoms with Gasteiger partial charge in [-0.1, -0.05) is 303 Å². The van der Waals surface area contributed by atoms with Crippen molar-refractivity contribution in [2.24, 2.45) is 0 Å². The Bertz CT molecular complexity index is 5440. The summed E-state index contributed by atoms with van der Waals surface area (Å²) in [7, 11) is 0. The Morgan fingerprint density at radius 3 is 0.912 bits per heavy atom. The molecule has 0 aliphatic rings. The van der Waals surface area contributed by atoms with Gasteiger partial charge >= 0.3 is 0 Å². The van der Waals surface area contributed by atoms with E-state index in [2.05, 4.69) is 339 Å². The average molecular weight is 1460 g/mol. The van der Waals surface area contributed by atoms with Crippen molar-refractivity contribution in [1.29, 1.82) is 0 Å². The molecule has 0 saturated heterocycles. The third kappa shape index (κ3) is 21.2. The van der Waals surface area contributed by atoms with E-state index in [1.54, 1.807) is 12.4 Å². The van der Waals surface area contributed by atoms with E-state index in [0.717, 1.165) is 33.8 Å². The summed E-state index contributed by atoms with van der Waals surface area (Å²) in [6, 6.07) is 129. The molecule has 0 saturated carbocycles. The molecule has 0 fully saturated rings. The molecule has 19 rings (SSSR count). The van der Waals surface area contributed by atoms with Crippen molar-refractivity contribution < 1.29 is 0 Å². The molecular weight excluding hydrogens is 1370 g/mol. The Hall–Kier alpha value is -14.2. The number of rotatable bonds is 8. The van der Waals surface area contributed by atoms with E-state index in [1.807, 2.05) is 135 Å². The van der Waals surface area contributed by atoms with E-state index < -0.39 is 0 Å². The number of fused-ring (bicyclic) bond motifs is 7. The Kier molecular flexibility index (Phi) is 26.4. The summed E-state index contributed by atoms with van der Waals surface area (Å²) in [6.07, 6.45) is 14.2. The first-order chi connectivity index (χ1) is 55.4. The summed E-state index contributed by atoms with van der Waals surface area (Å²) < 4.78 is 0. The molecule has 5 aromatic heterocycles. The zero-order chi connectivity index (χ0) is 77.9. The molecule has 0 aliphatic heterocycles. The fourth-order valence-corrected chi connectivity index (χ4v) is 13.8. The van der Waals surface area contributed by atoms with Crippen LogP contribution in [0.4, 0.5) is 0 Å². The van der Waals surface area contributed by atoms with Crippen molar-refractivity contribution >= 4 is 43.1 Å². The fourth-order valence-electron chi connectivity index (χ4n) is 13.8. The molecule has 0 aliphatic carbocycles. The summed E-state index contributed by atoms with van der Waals surface area (Å²) >= 11 is 0. The van der Waals surface area contributed by atoms with Crippen molar-refractivity contribution in [2.45, 2.75) is 48.5 Å². The van der Waals surface area contributed by atoms with E-state index in [4.69, 9.17) is 4.98 Å². The second kappa shape index (κ2) is 38.7. The molecule has 14 aromatic carbocycles. The number of nitrogens with zero attached hydrogens (tertiary/aromatic N) is 6. The number of benzene rings is 14. The Morgan fingerprint density at radius 1 is 0.177 bits per heavy atom. The van der Waals surface area contributed by atoms with E-state index >= 15 is 0 Å². The molecule has 0 spiro atoms. The van der Waals surface area contributed by atoms with Gasteiger partial charge in [0, 0.05) is 60.1 Å². The maximum absolute atomic E-state index is 4.77. The molecule has 0 radical (unpaired) electrons. The van der Waals surface area contributed by atoms with Crippen LogP contribution in [-0.4, -0.2) is 29.9 Å². The normalized spacial score (nSPS) is 10.4. The van der Waals surface area contributed by atoms with E-state index in [0.29, 0.717) is 0 Å². The number of aryl methyl sites for hydroxylation is 7. The van der Waals surface area contributed by atoms with Gasteiger partial charge in [-0.15, -0.1) is 0 Å². The van der Waals surface area contributed by atoms with Gasteiger partial charge < -0.3 is 0 Å². The van der Waals surface area contributed by atoms with Gasteiger partial charge in [-0.05, 0) is 253 Å². The Labute approximate surface area is 665 Å². The smallest absolute Gasteiger partial charge is 0.115 e. The van der Waals surface area contributed by atoms with Crippen LogP contribution in [0, 0.1) is 48.5 Å². The number of hydrogen-bond donors (Lipinski definition) is 0. The highest BCUT2D eigenvalue weighted by atomic mass is 14.8. The second-order valence-electron chi connectivity index (χ2n) is 28.0. The lowest BCUT2D eigenvalue weighted by Gasteiger charge is -2.10. The highest BCUT2D eigenvalue weighted by molar-refractivity contribution is 6.25. The van der Waals surface area contributed by atoms with Crippen LogP contribution in [0.3, 0.4) is 0 Å². The van der Waals surface area contributed by atoms with Crippen LogP contribution in [0.25, 0.3) is 132 Å². The quantitative estimate of drug-likeness (QED) is 0.141. The molecule has 113 heavy (non-hydrogen) atoms. The van der Waals surface area contributed by atoms with E-state index in [-0.39, 0.29) is 0 Å². The predicted molar refractivity (Wildman–Crippen MR) is 479 cm³/mol. The van der Waals surface area contributed by atoms with Crippen molar-refractivity contribution in [3.63, 3.8) is 0 Å². The molecule has 548 valence electrons. The van der Waals surface area contributed by atoms with Crippen LogP contribution in [0.15, 0.2) is 420 Å². The molecule has 6 heteroatoms. The van der Waals surface area contributed by atoms with Gasteiger partial charge in [0.15, 0.2) is 0 Å². The van der Waals surface area contributed by atoms with Crippen molar-refractivity contribution in [2.75, 3.05) is 0 Å². The summed E-state index contributed by atoms with van der Waals surface area (Å²) in [5, 5.41) is 10.8. The van der Waals surface area contributed by atoms with Crippen molar-refractivity contribution in [3.8, 4) is 89.4 Å². The van der Waals surface area contributed by atoms with Crippen molar-refractivity contribution in [1.82, 2.24) is 29.9 Å². The second-order valence-corrected chi connectivity index (χ2v) is 28.0. The maximum atomic E-state index is 4.77. The molecule has 19 aromatic rings. The van der Waals surface area contributed by atoms with Gasteiger partial charge in [-0.2, -0.15) is 0 Å². The fraction of sp³-hybridized carbons (Fsp3) is 0.0654. The predicted octanol–water partition coefficient (Wildman–Crippen LogP) is 28.3. The van der Waals surface area contributed by atoms with Gasteiger partial charge in [0.25, 0.3) is 0 Å². The highest BCUT2D eigenvalue weighted by Gasteiger charge is 2.11. The minimum absolute atomic E-state index is 1.02. The minimum atomic E-state index is 1.02. The van der Waals surface area contributed by atoms with E-state index in [1.165, 1.54) is 144 Å². The molecule has 0 N–H and O–H groups in total. The van der Waals surface area contributed by atoms with Crippen LogP contribution >= 0.6 is 0 Å². The zero-order valence-electron chi connectivity index (χ0n) is 65.0. The number of hydrogen-bond acceptors (Lipinski definition) is 6. The minimum Gasteiger partial charge on any atom is -0.265 e. The molecule has 5 heterocycles. The SMILES string of the molecule is Cc1cc(-c2ccccc2)cc(-c2ccccn2)c1.Cc1cc(-c2ccccc2)cc(-c2ccncc2)c1.Cc1cc(-c2ccccc2)cc(-c2ccncc2)c1.Cc1cc(-c2ccccc2)nc(-c2ccccc2)c1.Cc1ccc2c3ccccc3c3ccccc3c2c1.Cc1cccc2ccccc12.Cc1cncnc1. The van der Waals surface area contributed by atoms with Gasteiger partial charge in [0.05, 0.1) is 17.1 Å². The third-order valence-corrected chi connectivity index (χ3v) is 19.2. The average Bonchev–Trinajstić information content (AvgIpc) is 0.745. The molecule has 0 atom stereocenters.